The van der Waals surface area contributed by atoms with Crippen molar-refractivity contribution in [2.45, 2.75) is 20.4 Å². The van der Waals surface area contributed by atoms with E-state index >= 15 is 0 Å². The van der Waals surface area contributed by atoms with Crippen LogP contribution in [0.3, 0.4) is 0 Å². The normalized spacial score (nSPS) is 11.2. The van der Waals surface area contributed by atoms with Crippen molar-refractivity contribution in [3.05, 3.63) is 36.0 Å². The van der Waals surface area contributed by atoms with Crippen LogP contribution >= 0.6 is 0 Å². The Morgan fingerprint density at radius 3 is 2.76 bits per heavy atom. The maximum atomic E-state index is 5.90. The van der Waals surface area contributed by atoms with E-state index in [1.807, 2.05) is 37.4 Å². The van der Waals surface area contributed by atoms with Gasteiger partial charge < -0.3 is 14.8 Å². The van der Waals surface area contributed by atoms with Crippen LogP contribution in [0.15, 0.2) is 30.3 Å². The summed E-state index contributed by atoms with van der Waals surface area (Å²) in [5.41, 5.74) is 1.94. The van der Waals surface area contributed by atoms with Crippen molar-refractivity contribution in [3.8, 4) is 5.75 Å². The van der Waals surface area contributed by atoms with Gasteiger partial charge in [-0.3, -0.25) is 4.98 Å². The number of nitrogens with zero attached hydrogens (tertiary/aromatic N) is 1. The molecule has 1 heterocycles. The third kappa shape index (κ3) is 4.69. The Balaban J connectivity index is 2.06. The quantitative estimate of drug-likeness (QED) is 0.758. The maximum absolute atomic E-state index is 5.90. The summed E-state index contributed by atoms with van der Waals surface area (Å²) in [6.07, 6.45) is 0. The minimum Gasteiger partial charge on any atom is -0.490 e. The summed E-state index contributed by atoms with van der Waals surface area (Å²) in [6, 6.07) is 10.0. The maximum Gasteiger partial charge on any atom is 0.130 e. The molecule has 0 bridgehead atoms. The number of benzene rings is 1. The van der Waals surface area contributed by atoms with E-state index in [2.05, 4.69) is 24.1 Å². The fraction of sp³-hybridized carbons (Fsp3) is 0.471. The lowest BCUT2D eigenvalue weighted by atomic mass is 10.2. The molecule has 114 valence electrons. The summed E-state index contributed by atoms with van der Waals surface area (Å²) in [6.45, 7) is 6.94. The standard InChI is InChI=1S/C17H24N2O2/c1-13(2)12-20-8-9-21-17-10-14(11-18-3)19-16-7-5-4-6-15(16)17/h4-7,10,13,18H,8-9,11-12H2,1-3H3. The van der Waals surface area contributed by atoms with Crippen molar-refractivity contribution in [2.75, 3.05) is 26.9 Å². The minimum absolute atomic E-state index is 0.550. The third-order valence-corrected chi connectivity index (χ3v) is 3.03. The lowest BCUT2D eigenvalue weighted by molar-refractivity contribution is 0.0823. The summed E-state index contributed by atoms with van der Waals surface area (Å²) < 4.78 is 11.4. The number of hydrogen-bond donors (Lipinski definition) is 1. The van der Waals surface area contributed by atoms with Gasteiger partial charge in [0.25, 0.3) is 0 Å². The third-order valence-electron chi connectivity index (χ3n) is 3.03. The summed E-state index contributed by atoms with van der Waals surface area (Å²) in [4.78, 5) is 4.62. The Hall–Kier alpha value is -1.65. The zero-order chi connectivity index (χ0) is 15.1. The van der Waals surface area contributed by atoms with Crippen LogP contribution in [-0.4, -0.2) is 31.9 Å². The second kappa shape index (κ2) is 7.96. The minimum atomic E-state index is 0.550. The molecule has 1 aromatic heterocycles. The van der Waals surface area contributed by atoms with E-state index in [4.69, 9.17) is 9.47 Å². The molecule has 0 saturated carbocycles. The van der Waals surface area contributed by atoms with Gasteiger partial charge in [-0.05, 0) is 25.1 Å². The monoisotopic (exact) mass is 288 g/mol. The molecule has 1 N–H and O–H groups in total. The summed E-state index contributed by atoms with van der Waals surface area (Å²) in [5.74, 6) is 1.42. The first kappa shape index (κ1) is 15.7. The summed E-state index contributed by atoms with van der Waals surface area (Å²) in [7, 11) is 1.91. The topological polar surface area (TPSA) is 43.4 Å². The van der Waals surface area contributed by atoms with E-state index in [0.29, 0.717) is 19.1 Å². The van der Waals surface area contributed by atoms with Crippen molar-refractivity contribution in [1.29, 1.82) is 0 Å². The van der Waals surface area contributed by atoms with Crippen LogP contribution in [0.25, 0.3) is 10.9 Å². The second-order valence-electron chi connectivity index (χ2n) is 5.48. The predicted octanol–water partition coefficient (Wildman–Crippen LogP) is 3.01. The van der Waals surface area contributed by atoms with Crippen molar-refractivity contribution >= 4 is 10.9 Å². The largest absolute Gasteiger partial charge is 0.490 e. The second-order valence-corrected chi connectivity index (χ2v) is 5.48. The summed E-state index contributed by atoms with van der Waals surface area (Å²) in [5, 5.41) is 4.16. The average Bonchev–Trinajstić information content (AvgIpc) is 2.47. The number of rotatable bonds is 8. The smallest absolute Gasteiger partial charge is 0.130 e. The van der Waals surface area contributed by atoms with Crippen LogP contribution in [-0.2, 0) is 11.3 Å². The Labute approximate surface area is 126 Å². The van der Waals surface area contributed by atoms with Crippen molar-refractivity contribution in [3.63, 3.8) is 0 Å². The molecule has 0 aliphatic rings. The summed E-state index contributed by atoms with van der Waals surface area (Å²) >= 11 is 0. The van der Waals surface area contributed by atoms with Gasteiger partial charge in [0, 0.05) is 24.6 Å². The highest BCUT2D eigenvalue weighted by molar-refractivity contribution is 5.85. The molecule has 2 aromatic rings. The average molecular weight is 288 g/mol. The number of nitrogens with one attached hydrogen (secondary N) is 1. The molecule has 0 amide bonds. The Kier molecular flexibility index (Phi) is 5.96. The van der Waals surface area contributed by atoms with Crippen LogP contribution < -0.4 is 10.1 Å². The number of para-hydroxylation sites is 1. The fourth-order valence-electron chi connectivity index (χ4n) is 2.12. The van der Waals surface area contributed by atoms with Crippen LogP contribution in [0.1, 0.15) is 19.5 Å². The molecule has 4 heteroatoms. The highest BCUT2D eigenvalue weighted by Crippen LogP contribution is 2.25. The number of ether oxygens (including phenoxy) is 2. The molecule has 2 rings (SSSR count). The van der Waals surface area contributed by atoms with Crippen molar-refractivity contribution in [2.24, 2.45) is 5.92 Å². The molecule has 0 atom stereocenters. The highest BCUT2D eigenvalue weighted by Gasteiger charge is 2.06. The molecule has 4 nitrogen and oxygen atoms in total. The van der Waals surface area contributed by atoms with Crippen LogP contribution in [0.5, 0.6) is 5.75 Å². The van der Waals surface area contributed by atoms with Gasteiger partial charge in [-0.25, -0.2) is 0 Å². The van der Waals surface area contributed by atoms with Gasteiger partial charge in [-0.15, -0.1) is 0 Å². The van der Waals surface area contributed by atoms with E-state index in [1.54, 1.807) is 0 Å². The molecule has 0 unspecified atom stereocenters. The zero-order valence-electron chi connectivity index (χ0n) is 13.1. The first-order valence-electron chi connectivity index (χ1n) is 7.44. The molecule has 21 heavy (non-hydrogen) atoms. The molecule has 0 fully saturated rings. The molecule has 0 saturated heterocycles. The SMILES string of the molecule is CNCc1cc(OCCOCC(C)C)c2ccccc2n1. The number of pyridine rings is 1. The highest BCUT2D eigenvalue weighted by atomic mass is 16.5. The first-order chi connectivity index (χ1) is 10.2. The Bertz CT molecular complexity index is 570. The molecule has 0 radical (unpaired) electrons. The Morgan fingerprint density at radius 2 is 2.00 bits per heavy atom. The number of hydrogen-bond acceptors (Lipinski definition) is 4. The lowest BCUT2D eigenvalue weighted by Crippen LogP contribution is -2.11. The molecule has 1 aromatic carbocycles. The van der Waals surface area contributed by atoms with Gasteiger partial charge in [0.2, 0.25) is 0 Å². The van der Waals surface area contributed by atoms with Gasteiger partial charge in [-0.2, -0.15) is 0 Å². The molecule has 0 aliphatic heterocycles. The van der Waals surface area contributed by atoms with Gasteiger partial charge in [0.15, 0.2) is 0 Å². The van der Waals surface area contributed by atoms with Crippen LogP contribution in [0.4, 0.5) is 0 Å². The predicted molar refractivity (Wildman–Crippen MR) is 85.7 cm³/mol. The van der Waals surface area contributed by atoms with E-state index in [9.17, 15) is 0 Å². The van der Waals surface area contributed by atoms with Crippen molar-refractivity contribution in [1.82, 2.24) is 10.3 Å². The zero-order valence-corrected chi connectivity index (χ0v) is 13.1. The molecular formula is C17H24N2O2. The Morgan fingerprint density at radius 1 is 1.19 bits per heavy atom. The van der Waals surface area contributed by atoms with E-state index in [-0.39, 0.29) is 0 Å². The van der Waals surface area contributed by atoms with Gasteiger partial charge in [0.05, 0.1) is 17.8 Å². The molecule has 0 aliphatic carbocycles. The van der Waals surface area contributed by atoms with E-state index in [0.717, 1.165) is 35.5 Å². The number of fused-ring (bicyclic) bond motifs is 1. The van der Waals surface area contributed by atoms with Crippen LogP contribution in [0, 0.1) is 5.92 Å². The van der Waals surface area contributed by atoms with Crippen molar-refractivity contribution < 1.29 is 9.47 Å². The first-order valence-corrected chi connectivity index (χ1v) is 7.44. The molecule has 0 spiro atoms. The molecular weight excluding hydrogens is 264 g/mol. The number of aromatic nitrogens is 1. The van der Waals surface area contributed by atoms with Gasteiger partial charge in [0.1, 0.15) is 12.4 Å². The van der Waals surface area contributed by atoms with Gasteiger partial charge >= 0.3 is 0 Å². The fourth-order valence-corrected chi connectivity index (χ4v) is 2.12. The lowest BCUT2D eigenvalue weighted by Gasteiger charge is -2.12. The van der Waals surface area contributed by atoms with E-state index in [1.165, 1.54) is 0 Å². The van der Waals surface area contributed by atoms with Gasteiger partial charge in [-0.1, -0.05) is 26.0 Å². The van der Waals surface area contributed by atoms with E-state index < -0.39 is 0 Å². The van der Waals surface area contributed by atoms with Crippen LogP contribution in [0.2, 0.25) is 0 Å².